The lowest BCUT2D eigenvalue weighted by atomic mass is 9.84. The highest BCUT2D eigenvalue weighted by Gasteiger charge is 2.43. The van der Waals surface area contributed by atoms with Gasteiger partial charge in [0.25, 0.3) is 0 Å². The number of halogens is 4. The smallest absolute Gasteiger partial charge is 0.416 e. The maximum absolute atomic E-state index is 13.3. The normalized spacial score (nSPS) is 20.7. The minimum absolute atomic E-state index is 0.0772. The fraction of sp³-hybridized carbons (Fsp3) is 0.409. The van der Waals surface area contributed by atoms with E-state index in [1.54, 1.807) is 19.1 Å². The number of benzene rings is 2. The van der Waals surface area contributed by atoms with Crippen molar-refractivity contribution in [2.45, 2.75) is 44.0 Å². The number of alkyl halides is 3. The van der Waals surface area contributed by atoms with Crippen molar-refractivity contribution in [3.63, 3.8) is 0 Å². The fourth-order valence-corrected chi connectivity index (χ4v) is 3.79. The van der Waals surface area contributed by atoms with Gasteiger partial charge in [-0.25, -0.2) is 9.18 Å². The zero-order valence-corrected chi connectivity index (χ0v) is 16.5. The zero-order chi connectivity index (χ0) is 21.9. The zero-order valence-electron chi connectivity index (χ0n) is 16.5. The first kappa shape index (κ1) is 22.1. The van der Waals surface area contributed by atoms with E-state index in [1.807, 2.05) is 0 Å². The number of amides is 1. The van der Waals surface area contributed by atoms with E-state index in [1.165, 1.54) is 29.2 Å². The number of nitrogens with zero attached hydrogens (tertiary/aromatic N) is 1. The van der Waals surface area contributed by atoms with Crippen molar-refractivity contribution in [2.75, 3.05) is 13.2 Å². The minimum Gasteiger partial charge on any atom is -0.438 e. The van der Waals surface area contributed by atoms with Crippen LogP contribution in [0.15, 0.2) is 48.5 Å². The molecule has 2 aromatic rings. The molecule has 4 nitrogen and oxygen atoms in total. The van der Waals surface area contributed by atoms with Crippen LogP contribution in [0.5, 0.6) is 0 Å². The molecule has 1 aliphatic heterocycles. The number of ether oxygens (including phenoxy) is 1. The van der Waals surface area contributed by atoms with Crippen LogP contribution in [-0.4, -0.2) is 29.3 Å². The number of hydrogen-bond acceptors (Lipinski definition) is 3. The van der Waals surface area contributed by atoms with E-state index in [4.69, 9.17) is 4.74 Å². The summed E-state index contributed by atoms with van der Waals surface area (Å²) in [6, 6.07) is 9.93. The molecule has 8 heteroatoms. The summed E-state index contributed by atoms with van der Waals surface area (Å²) >= 11 is 0. The van der Waals surface area contributed by atoms with Crippen LogP contribution in [-0.2, 0) is 16.5 Å². The van der Waals surface area contributed by atoms with Crippen molar-refractivity contribution in [3.8, 4) is 0 Å². The van der Waals surface area contributed by atoms with Gasteiger partial charge < -0.3 is 14.7 Å². The molecule has 162 valence electrons. The molecule has 0 aromatic heterocycles. The lowest BCUT2D eigenvalue weighted by Crippen LogP contribution is -2.48. The molecule has 0 aliphatic carbocycles. The largest absolute Gasteiger partial charge is 0.438 e. The Labute approximate surface area is 172 Å². The number of cyclic esters (lactones) is 1. The van der Waals surface area contributed by atoms with E-state index in [9.17, 15) is 27.5 Å². The van der Waals surface area contributed by atoms with Crippen LogP contribution in [0.25, 0.3) is 0 Å². The molecular formula is C22H23F4NO3. The molecule has 1 heterocycles. The van der Waals surface area contributed by atoms with E-state index >= 15 is 0 Å². The molecule has 1 aliphatic rings. The van der Waals surface area contributed by atoms with Gasteiger partial charge in [-0.1, -0.05) is 24.3 Å². The van der Waals surface area contributed by atoms with Crippen molar-refractivity contribution in [1.29, 1.82) is 0 Å². The Morgan fingerprint density at radius 1 is 1.13 bits per heavy atom. The summed E-state index contributed by atoms with van der Waals surface area (Å²) in [5.41, 5.74) is -0.528. The number of carbonyl (C=O) groups is 1. The number of hydrogen-bond donors (Lipinski definition) is 1. The Morgan fingerprint density at radius 3 is 2.30 bits per heavy atom. The minimum atomic E-state index is -4.42. The summed E-state index contributed by atoms with van der Waals surface area (Å²) < 4.78 is 57.5. The van der Waals surface area contributed by atoms with E-state index < -0.39 is 35.3 Å². The third-order valence-corrected chi connectivity index (χ3v) is 5.57. The topological polar surface area (TPSA) is 49.8 Å². The Morgan fingerprint density at radius 2 is 1.77 bits per heavy atom. The molecule has 0 bridgehead atoms. The summed E-state index contributed by atoms with van der Waals surface area (Å²) in [7, 11) is 0. The van der Waals surface area contributed by atoms with E-state index in [0.717, 1.165) is 12.1 Å². The Hall–Kier alpha value is -2.61. The van der Waals surface area contributed by atoms with Crippen molar-refractivity contribution in [2.24, 2.45) is 0 Å². The Balaban J connectivity index is 1.79. The molecular weight excluding hydrogens is 402 g/mol. The molecule has 1 N–H and O–H groups in total. The first-order valence-electron chi connectivity index (χ1n) is 9.70. The maximum Gasteiger partial charge on any atom is 0.416 e. The second-order valence-corrected chi connectivity index (χ2v) is 7.44. The van der Waals surface area contributed by atoms with Gasteiger partial charge in [-0.3, -0.25) is 0 Å². The summed E-state index contributed by atoms with van der Waals surface area (Å²) in [5.74, 6) is -0.407. The van der Waals surface area contributed by atoms with Crippen LogP contribution < -0.4 is 0 Å². The molecule has 0 saturated carbocycles. The number of rotatable bonds is 6. The third kappa shape index (κ3) is 4.59. The summed E-state index contributed by atoms with van der Waals surface area (Å²) in [6.45, 7) is 1.96. The lowest BCUT2D eigenvalue weighted by molar-refractivity contribution is -0.137. The molecule has 2 atom stereocenters. The number of carbonyl (C=O) groups excluding carboxylic acids is 1. The van der Waals surface area contributed by atoms with Crippen LogP contribution >= 0.6 is 0 Å². The predicted octanol–water partition coefficient (Wildman–Crippen LogP) is 5.42. The molecule has 2 aromatic carbocycles. The van der Waals surface area contributed by atoms with Crippen molar-refractivity contribution >= 4 is 6.09 Å². The van der Waals surface area contributed by atoms with Gasteiger partial charge in [0.05, 0.1) is 11.6 Å². The molecule has 0 spiro atoms. The average molecular weight is 425 g/mol. The molecule has 3 rings (SSSR count). The lowest BCUT2D eigenvalue weighted by Gasteiger charge is -2.43. The van der Waals surface area contributed by atoms with Crippen molar-refractivity contribution in [3.05, 3.63) is 71.0 Å². The molecule has 30 heavy (non-hydrogen) atoms. The quantitative estimate of drug-likeness (QED) is 0.629. The first-order chi connectivity index (χ1) is 14.2. The average Bonchev–Trinajstić information content (AvgIpc) is 2.72. The maximum atomic E-state index is 13.3. The summed E-state index contributed by atoms with van der Waals surface area (Å²) in [6.07, 6.45) is -3.83. The van der Waals surface area contributed by atoms with Gasteiger partial charge in [-0.2, -0.15) is 13.2 Å². The van der Waals surface area contributed by atoms with Crippen LogP contribution in [0, 0.1) is 5.82 Å². The highest BCUT2D eigenvalue weighted by molar-refractivity contribution is 5.70. The van der Waals surface area contributed by atoms with Crippen LogP contribution in [0.4, 0.5) is 22.4 Å². The second kappa shape index (κ2) is 8.63. The summed E-state index contributed by atoms with van der Waals surface area (Å²) in [4.78, 5) is 14.3. The standard InChI is InChI=1S/C22H23F4NO3/c1-15(16-3-5-18(6-4-16)22(24,25)26)27-13-12-21(11-2-14-28,30-20(27)29)17-7-9-19(23)10-8-17/h3-10,15,28H,2,11-14H2,1H3. The van der Waals surface area contributed by atoms with Gasteiger partial charge in [0, 0.05) is 19.6 Å². The highest BCUT2D eigenvalue weighted by Crippen LogP contribution is 2.40. The number of aliphatic hydroxyl groups is 1. The highest BCUT2D eigenvalue weighted by atomic mass is 19.4. The van der Waals surface area contributed by atoms with Gasteiger partial charge in [0.1, 0.15) is 11.4 Å². The van der Waals surface area contributed by atoms with Crippen LogP contribution in [0.2, 0.25) is 0 Å². The van der Waals surface area contributed by atoms with Gasteiger partial charge in [0.2, 0.25) is 0 Å². The van der Waals surface area contributed by atoms with Gasteiger partial charge in [-0.05, 0) is 55.2 Å². The summed E-state index contributed by atoms with van der Waals surface area (Å²) in [5, 5.41) is 9.25. The van der Waals surface area contributed by atoms with E-state index in [2.05, 4.69) is 0 Å². The predicted molar refractivity (Wildman–Crippen MR) is 102 cm³/mol. The Bertz CT molecular complexity index is 867. The Kier molecular flexibility index (Phi) is 6.36. The fourth-order valence-electron chi connectivity index (χ4n) is 3.79. The monoisotopic (exact) mass is 425 g/mol. The van der Waals surface area contributed by atoms with E-state index in [-0.39, 0.29) is 6.61 Å². The molecule has 0 radical (unpaired) electrons. The number of aliphatic hydroxyl groups excluding tert-OH is 1. The van der Waals surface area contributed by atoms with E-state index in [0.29, 0.717) is 36.9 Å². The van der Waals surface area contributed by atoms with Gasteiger partial charge >= 0.3 is 12.3 Å². The van der Waals surface area contributed by atoms with Gasteiger partial charge in [-0.15, -0.1) is 0 Å². The second-order valence-electron chi connectivity index (χ2n) is 7.44. The third-order valence-electron chi connectivity index (χ3n) is 5.57. The van der Waals surface area contributed by atoms with Crippen molar-refractivity contribution < 1.29 is 32.2 Å². The van der Waals surface area contributed by atoms with Crippen LogP contribution in [0.1, 0.15) is 48.9 Å². The molecule has 2 unspecified atom stereocenters. The van der Waals surface area contributed by atoms with Crippen molar-refractivity contribution in [1.82, 2.24) is 4.90 Å². The van der Waals surface area contributed by atoms with Crippen LogP contribution in [0.3, 0.4) is 0 Å². The molecule has 1 saturated heterocycles. The molecule has 1 amide bonds. The van der Waals surface area contributed by atoms with Gasteiger partial charge in [0.15, 0.2) is 0 Å². The molecule has 1 fully saturated rings. The SMILES string of the molecule is CC(c1ccc(C(F)(F)F)cc1)N1CCC(CCCO)(c2ccc(F)cc2)OC1=O. The first-order valence-corrected chi connectivity index (χ1v) is 9.70.